The van der Waals surface area contributed by atoms with Crippen molar-refractivity contribution >= 4 is 0 Å². The zero-order chi connectivity index (χ0) is 16.3. The summed E-state index contributed by atoms with van der Waals surface area (Å²) in [4.78, 5) is 2.44. The van der Waals surface area contributed by atoms with Gasteiger partial charge in [-0.25, -0.2) is 0 Å². The normalized spacial score (nSPS) is 23.5. The number of fused-ring (bicyclic) bond motifs is 1. The standard InChI is InChI=1S/C18H32N4O/c1-3-18(23,4-2)14-21-11-8-9-15(13-21)17-20-19-16-10-6-5-7-12-22(16)17/h15,23H,3-14H2,1-2H3. The molecule has 5 heteroatoms. The number of β-amino-alcohol motifs (C(OH)–C–C–N with tert-alkyl or cyclic N) is 1. The number of hydrogen-bond donors (Lipinski definition) is 1. The van der Waals surface area contributed by atoms with Crippen molar-refractivity contribution in [1.82, 2.24) is 19.7 Å². The minimum atomic E-state index is -0.538. The molecule has 0 saturated carbocycles. The van der Waals surface area contributed by atoms with Crippen molar-refractivity contribution in [1.29, 1.82) is 0 Å². The second-order valence-corrected chi connectivity index (χ2v) is 7.44. The molecule has 3 heterocycles. The maximum Gasteiger partial charge on any atom is 0.137 e. The Kier molecular flexibility index (Phi) is 5.37. The first-order chi connectivity index (χ1) is 11.1. The van der Waals surface area contributed by atoms with Gasteiger partial charge in [0.1, 0.15) is 11.6 Å². The van der Waals surface area contributed by atoms with E-state index in [1.807, 2.05) is 0 Å². The first-order valence-electron chi connectivity index (χ1n) is 9.52. The SMILES string of the molecule is CCC(O)(CC)CN1CCCC(c2nnc3n2CCCCC3)C1. The van der Waals surface area contributed by atoms with Crippen LogP contribution < -0.4 is 0 Å². The summed E-state index contributed by atoms with van der Waals surface area (Å²) in [5, 5.41) is 19.7. The van der Waals surface area contributed by atoms with Crippen LogP contribution in [-0.4, -0.2) is 50.0 Å². The molecule has 2 aliphatic heterocycles. The van der Waals surface area contributed by atoms with E-state index in [1.54, 1.807) is 0 Å². The minimum Gasteiger partial charge on any atom is -0.389 e. The molecule has 1 saturated heterocycles. The number of aliphatic hydroxyl groups is 1. The van der Waals surface area contributed by atoms with Crippen LogP contribution >= 0.6 is 0 Å². The molecule has 0 radical (unpaired) electrons. The van der Waals surface area contributed by atoms with Gasteiger partial charge in [-0.15, -0.1) is 10.2 Å². The van der Waals surface area contributed by atoms with Gasteiger partial charge < -0.3 is 9.67 Å². The van der Waals surface area contributed by atoms with Gasteiger partial charge in [-0.3, -0.25) is 4.90 Å². The van der Waals surface area contributed by atoms with Crippen LogP contribution in [0.2, 0.25) is 0 Å². The van der Waals surface area contributed by atoms with Crippen molar-refractivity contribution < 1.29 is 5.11 Å². The first kappa shape index (κ1) is 16.9. The number of aryl methyl sites for hydroxylation is 1. The molecule has 0 bridgehead atoms. The van der Waals surface area contributed by atoms with Crippen LogP contribution in [0, 0.1) is 0 Å². The highest BCUT2D eigenvalue weighted by Crippen LogP contribution is 2.29. The lowest BCUT2D eigenvalue weighted by molar-refractivity contribution is -0.0102. The Morgan fingerprint density at radius 3 is 2.70 bits per heavy atom. The average molecular weight is 320 g/mol. The van der Waals surface area contributed by atoms with E-state index < -0.39 is 5.60 Å². The Hall–Kier alpha value is -0.940. The smallest absolute Gasteiger partial charge is 0.137 e. The molecule has 5 nitrogen and oxygen atoms in total. The van der Waals surface area contributed by atoms with Crippen LogP contribution in [0.1, 0.15) is 76.4 Å². The van der Waals surface area contributed by atoms with E-state index in [-0.39, 0.29) is 0 Å². The minimum absolute atomic E-state index is 0.473. The molecule has 0 spiro atoms. The summed E-state index contributed by atoms with van der Waals surface area (Å²) in [5.74, 6) is 2.86. The predicted octanol–water partition coefficient (Wildman–Crippen LogP) is 2.74. The largest absolute Gasteiger partial charge is 0.389 e. The van der Waals surface area contributed by atoms with E-state index in [0.717, 1.165) is 45.4 Å². The monoisotopic (exact) mass is 320 g/mol. The molecule has 1 unspecified atom stereocenters. The van der Waals surface area contributed by atoms with Crippen LogP contribution in [0.4, 0.5) is 0 Å². The fraction of sp³-hybridized carbons (Fsp3) is 0.889. The summed E-state index contributed by atoms with van der Waals surface area (Å²) in [6.45, 7) is 8.16. The lowest BCUT2D eigenvalue weighted by Crippen LogP contribution is -2.46. The molecule has 1 N–H and O–H groups in total. The maximum atomic E-state index is 10.7. The van der Waals surface area contributed by atoms with E-state index in [9.17, 15) is 5.11 Å². The van der Waals surface area contributed by atoms with Gasteiger partial charge in [-0.1, -0.05) is 20.3 Å². The highest BCUT2D eigenvalue weighted by Gasteiger charge is 2.31. The fourth-order valence-corrected chi connectivity index (χ4v) is 4.11. The number of aromatic nitrogens is 3. The third kappa shape index (κ3) is 3.77. The molecule has 3 rings (SSSR count). The first-order valence-corrected chi connectivity index (χ1v) is 9.52. The summed E-state index contributed by atoms with van der Waals surface area (Å²) < 4.78 is 2.40. The average Bonchev–Trinajstić information content (AvgIpc) is 2.83. The van der Waals surface area contributed by atoms with Gasteiger partial charge in [0.2, 0.25) is 0 Å². The summed E-state index contributed by atoms with van der Waals surface area (Å²) >= 11 is 0. The van der Waals surface area contributed by atoms with Crippen LogP contribution in [0.25, 0.3) is 0 Å². The van der Waals surface area contributed by atoms with Crippen LogP contribution in [0.15, 0.2) is 0 Å². The zero-order valence-corrected chi connectivity index (χ0v) is 14.8. The number of piperidine rings is 1. The van der Waals surface area contributed by atoms with Crippen molar-refractivity contribution in [3.63, 3.8) is 0 Å². The number of rotatable bonds is 5. The molecular weight excluding hydrogens is 288 g/mol. The van der Waals surface area contributed by atoms with Gasteiger partial charge in [-0.05, 0) is 45.1 Å². The third-order valence-corrected chi connectivity index (χ3v) is 5.84. The molecule has 0 aliphatic carbocycles. The van der Waals surface area contributed by atoms with Gasteiger partial charge >= 0.3 is 0 Å². The molecule has 1 fully saturated rings. The van der Waals surface area contributed by atoms with Crippen molar-refractivity contribution in [3.05, 3.63) is 11.6 Å². The van der Waals surface area contributed by atoms with Crippen molar-refractivity contribution in [2.24, 2.45) is 0 Å². The zero-order valence-electron chi connectivity index (χ0n) is 14.8. The Morgan fingerprint density at radius 1 is 1.09 bits per heavy atom. The molecule has 2 aliphatic rings. The Bertz CT molecular complexity index is 509. The summed E-state index contributed by atoms with van der Waals surface area (Å²) in [7, 11) is 0. The number of hydrogen-bond acceptors (Lipinski definition) is 4. The molecule has 1 atom stereocenters. The Balaban J connectivity index is 1.70. The Labute approximate surface area is 140 Å². The summed E-state index contributed by atoms with van der Waals surface area (Å²) in [6.07, 6.45) is 8.92. The van der Waals surface area contributed by atoms with Gasteiger partial charge in [0.05, 0.1) is 5.60 Å². The molecule has 130 valence electrons. The molecule has 23 heavy (non-hydrogen) atoms. The summed E-state index contributed by atoms with van der Waals surface area (Å²) in [6, 6.07) is 0. The van der Waals surface area contributed by atoms with Crippen LogP contribution in [0.5, 0.6) is 0 Å². The Morgan fingerprint density at radius 2 is 1.91 bits per heavy atom. The molecule has 0 amide bonds. The quantitative estimate of drug-likeness (QED) is 0.906. The number of nitrogens with zero attached hydrogens (tertiary/aromatic N) is 4. The predicted molar refractivity (Wildman–Crippen MR) is 91.5 cm³/mol. The van der Waals surface area contributed by atoms with Gasteiger partial charge in [0, 0.05) is 32.0 Å². The number of likely N-dealkylation sites (tertiary alicyclic amines) is 1. The van der Waals surface area contributed by atoms with Crippen LogP contribution in [0.3, 0.4) is 0 Å². The maximum absolute atomic E-state index is 10.7. The van der Waals surface area contributed by atoms with E-state index >= 15 is 0 Å². The van der Waals surface area contributed by atoms with E-state index in [1.165, 1.54) is 43.8 Å². The third-order valence-electron chi connectivity index (χ3n) is 5.84. The lowest BCUT2D eigenvalue weighted by atomic mass is 9.92. The van der Waals surface area contributed by atoms with E-state index in [2.05, 4.69) is 33.5 Å². The highest BCUT2D eigenvalue weighted by molar-refractivity contribution is 5.06. The van der Waals surface area contributed by atoms with Crippen molar-refractivity contribution in [2.75, 3.05) is 19.6 Å². The highest BCUT2D eigenvalue weighted by atomic mass is 16.3. The van der Waals surface area contributed by atoms with Crippen molar-refractivity contribution in [2.45, 2.75) is 83.3 Å². The van der Waals surface area contributed by atoms with Gasteiger partial charge in [0.25, 0.3) is 0 Å². The van der Waals surface area contributed by atoms with Gasteiger partial charge in [-0.2, -0.15) is 0 Å². The second kappa shape index (κ2) is 7.31. The topological polar surface area (TPSA) is 54.2 Å². The molecule has 1 aromatic heterocycles. The molecule has 1 aromatic rings. The van der Waals surface area contributed by atoms with Crippen molar-refractivity contribution in [3.8, 4) is 0 Å². The second-order valence-electron chi connectivity index (χ2n) is 7.44. The lowest BCUT2D eigenvalue weighted by Gasteiger charge is -2.38. The van der Waals surface area contributed by atoms with E-state index in [0.29, 0.717) is 5.92 Å². The molecular formula is C18H32N4O. The molecule has 0 aromatic carbocycles. The fourth-order valence-electron chi connectivity index (χ4n) is 4.11. The summed E-state index contributed by atoms with van der Waals surface area (Å²) in [5.41, 5.74) is -0.538. The van der Waals surface area contributed by atoms with Gasteiger partial charge in [0.15, 0.2) is 0 Å². The van der Waals surface area contributed by atoms with Crippen LogP contribution in [-0.2, 0) is 13.0 Å². The van der Waals surface area contributed by atoms with E-state index in [4.69, 9.17) is 0 Å².